The van der Waals surface area contributed by atoms with Gasteiger partial charge in [0.15, 0.2) is 0 Å². The maximum absolute atomic E-state index is 12.9. The second kappa shape index (κ2) is 7.88. The molecule has 7 heteroatoms. The smallest absolute Gasteiger partial charge is 0.224 e. The minimum atomic E-state index is -1.21. The summed E-state index contributed by atoms with van der Waals surface area (Å²) >= 11 is 1.42. The number of amides is 2. The highest BCUT2D eigenvalue weighted by Crippen LogP contribution is 2.38. The zero-order valence-electron chi connectivity index (χ0n) is 15.9. The highest BCUT2D eigenvalue weighted by atomic mass is 32.1. The first-order valence-electron chi connectivity index (χ1n) is 9.94. The number of likely N-dealkylation sites (tertiary alicyclic amines) is 2. The van der Waals surface area contributed by atoms with E-state index < -0.39 is 5.41 Å². The van der Waals surface area contributed by atoms with Gasteiger partial charge < -0.3 is 9.80 Å². The van der Waals surface area contributed by atoms with Crippen LogP contribution in [0, 0.1) is 11.3 Å². The van der Waals surface area contributed by atoms with Crippen LogP contribution in [0.3, 0.4) is 0 Å². The summed E-state index contributed by atoms with van der Waals surface area (Å²) < 4.78 is 0.972. The molecule has 2 aliphatic rings. The van der Waals surface area contributed by atoms with Gasteiger partial charge in [-0.05, 0) is 37.8 Å². The average molecular weight is 397 g/mol. The first kappa shape index (κ1) is 18.9. The maximum Gasteiger partial charge on any atom is 0.224 e. The van der Waals surface area contributed by atoms with E-state index in [4.69, 9.17) is 0 Å². The number of hydrogen-bond donors (Lipinski definition) is 0. The molecule has 2 saturated heterocycles. The van der Waals surface area contributed by atoms with E-state index in [-0.39, 0.29) is 24.7 Å². The fourth-order valence-corrected chi connectivity index (χ4v) is 5.19. The highest BCUT2D eigenvalue weighted by molar-refractivity contribution is 7.18. The molecule has 0 unspecified atom stereocenters. The molecule has 0 spiro atoms. The van der Waals surface area contributed by atoms with Crippen LogP contribution in [0.5, 0.6) is 0 Å². The van der Waals surface area contributed by atoms with E-state index in [1.807, 2.05) is 34.1 Å². The first-order valence-corrected chi connectivity index (χ1v) is 10.8. The number of nitriles is 1. The van der Waals surface area contributed by atoms with Crippen LogP contribution in [0.1, 0.15) is 43.5 Å². The number of aromatic nitrogens is 1. The van der Waals surface area contributed by atoms with Gasteiger partial charge in [0.05, 0.1) is 29.1 Å². The Balaban J connectivity index is 1.68. The molecule has 0 bridgehead atoms. The number of carbonyl (C=O) groups excluding carboxylic acids is 2. The van der Waals surface area contributed by atoms with E-state index in [9.17, 15) is 14.9 Å². The summed E-state index contributed by atoms with van der Waals surface area (Å²) in [6, 6.07) is 10.1. The summed E-state index contributed by atoms with van der Waals surface area (Å²) in [5.74, 6) is -0.0972. The van der Waals surface area contributed by atoms with Crippen molar-refractivity contribution in [1.29, 1.82) is 5.26 Å². The third kappa shape index (κ3) is 3.61. The molecular weight excluding hydrogens is 372 g/mol. The topological polar surface area (TPSA) is 77.3 Å². The van der Waals surface area contributed by atoms with Crippen LogP contribution in [-0.2, 0) is 15.0 Å². The molecule has 0 N–H and O–H groups in total. The molecular formula is C21H24N4O2S. The fourth-order valence-electron chi connectivity index (χ4n) is 4.09. The molecule has 2 amide bonds. The summed E-state index contributed by atoms with van der Waals surface area (Å²) in [6.45, 7) is 2.95. The highest BCUT2D eigenvalue weighted by Gasteiger charge is 2.43. The van der Waals surface area contributed by atoms with Gasteiger partial charge in [-0.25, -0.2) is 4.98 Å². The third-order valence-corrected chi connectivity index (χ3v) is 6.98. The zero-order valence-corrected chi connectivity index (χ0v) is 16.7. The van der Waals surface area contributed by atoms with Crippen LogP contribution < -0.4 is 0 Å². The van der Waals surface area contributed by atoms with Crippen molar-refractivity contribution in [3.8, 4) is 6.07 Å². The molecule has 1 aromatic heterocycles. The molecule has 3 heterocycles. The van der Waals surface area contributed by atoms with Crippen LogP contribution in [0.15, 0.2) is 24.3 Å². The third-order valence-electron chi connectivity index (χ3n) is 5.74. The quantitative estimate of drug-likeness (QED) is 0.778. The van der Waals surface area contributed by atoms with E-state index in [0.717, 1.165) is 62.1 Å². The summed E-state index contributed by atoms with van der Waals surface area (Å²) in [7, 11) is 0. The van der Waals surface area contributed by atoms with Gasteiger partial charge in [0.2, 0.25) is 11.8 Å². The fraction of sp³-hybridized carbons (Fsp3) is 0.524. The van der Waals surface area contributed by atoms with Gasteiger partial charge in [0, 0.05) is 26.2 Å². The Kier molecular flexibility index (Phi) is 5.31. The number of thiazole rings is 1. The molecule has 28 heavy (non-hydrogen) atoms. The van der Waals surface area contributed by atoms with Crippen molar-refractivity contribution in [1.82, 2.24) is 14.8 Å². The molecule has 2 fully saturated rings. The van der Waals surface area contributed by atoms with Crippen molar-refractivity contribution in [3.05, 3.63) is 29.3 Å². The van der Waals surface area contributed by atoms with Gasteiger partial charge in [0.25, 0.3) is 0 Å². The standard InChI is InChI=1S/C21H24N4O2S/c22-15-21(13-18(26)24-9-3-4-10-24,14-19(27)25-11-5-6-12-25)20-23-16-7-1-2-8-17(16)28-20/h1-2,7-8H,3-6,9-14H2. The molecule has 4 rings (SSSR count). The molecule has 2 aliphatic heterocycles. The van der Waals surface area contributed by atoms with Crippen LogP contribution in [0.4, 0.5) is 0 Å². The Morgan fingerprint density at radius 1 is 1.00 bits per heavy atom. The van der Waals surface area contributed by atoms with Gasteiger partial charge in [-0.15, -0.1) is 11.3 Å². The van der Waals surface area contributed by atoms with Gasteiger partial charge in [-0.1, -0.05) is 12.1 Å². The Morgan fingerprint density at radius 2 is 1.54 bits per heavy atom. The Labute approximate surface area is 168 Å². The molecule has 0 radical (unpaired) electrons. The van der Waals surface area contributed by atoms with Gasteiger partial charge in [-0.2, -0.15) is 5.26 Å². The summed E-state index contributed by atoms with van der Waals surface area (Å²) in [4.78, 5) is 34.2. The van der Waals surface area contributed by atoms with E-state index in [0.29, 0.717) is 5.01 Å². The normalized spacial score (nSPS) is 17.2. The molecule has 0 saturated carbocycles. The second-order valence-electron chi connectivity index (χ2n) is 7.71. The largest absolute Gasteiger partial charge is 0.343 e. The average Bonchev–Trinajstić information content (AvgIpc) is 3.48. The lowest BCUT2D eigenvalue weighted by atomic mass is 9.82. The molecule has 2 aromatic rings. The van der Waals surface area contributed by atoms with Gasteiger partial charge in [0.1, 0.15) is 10.4 Å². The molecule has 1 aromatic carbocycles. The van der Waals surface area contributed by atoms with Crippen molar-refractivity contribution in [3.63, 3.8) is 0 Å². The van der Waals surface area contributed by atoms with Crippen molar-refractivity contribution >= 4 is 33.4 Å². The molecule has 0 aliphatic carbocycles. The number of nitrogens with zero attached hydrogens (tertiary/aromatic N) is 4. The monoisotopic (exact) mass is 396 g/mol. The molecule has 6 nitrogen and oxygen atoms in total. The van der Waals surface area contributed by atoms with Gasteiger partial charge in [-0.3, -0.25) is 9.59 Å². The number of benzene rings is 1. The predicted molar refractivity (Wildman–Crippen MR) is 108 cm³/mol. The Morgan fingerprint density at radius 3 is 2.04 bits per heavy atom. The number of fused-ring (bicyclic) bond motifs is 1. The SMILES string of the molecule is N#CC(CC(=O)N1CCCC1)(CC(=O)N1CCCC1)c1nc2ccccc2s1. The lowest BCUT2D eigenvalue weighted by Crippen LogP contribution is -2.40. The molecule has 0 atom stereocenters. The number of rotatable bonds is 5. The Bertz CT molecular complexity index is 857. The minimum Gasteiger partial charge on any atom is -0.343 e. The number of carbonyl (C=O) groups is 2. The van der Waals surface area contributed by atoms with Crippen molar-refractivity contribution in [2.75, 3.05) is 26.2 Å². The predicted octanol–water partition coefficient (Wildman–Crippen LogP) is 3.08. The minimum absolute atomic E-state index is 0.0168. The van der Waals surface area contributed by atoms with Crippen LogP contribution in [-0.4, -0.2) is 52.8 Å². The van der Waals surface area contributed by atoms with Crippen molar-refractivity contribution in [2.45, 2.75) is 43.9 Å². The summed E-state index contributed by atoms with van der Waals surface area (Å²) in [5, 5.41) is 10.8. The first-order chi connectivity index (χ1) is 13.6. The van der Waals surface area contributed by atoms with Crippen molar-refractivity contribution in [2.24, 2.45) is 0 Å². The van der Waals surface area contributed by atoms with E-state index in [1.165, 1.54) is 11.3 Å². The number of hydrogen-bond acceptors (Lipinski definition) is 5. The van der Waals surface area contributed by atoms with E-state index in [2.05, 4.69) is 11.1 Å². The molecule has 146 valence electrons. The zero-order chi connectivity index (χ0) is 19.6. The van der Waals surface area contributed by atoms with Crippen LogP contribution in [0.2, 0.25) is 0 Å². The second-order valence-corrected chi connectivity index (χ2v) is 8.74. The van der Waals surface area contributed by atoms with Gasteiger partial charge >= 0.3 is 0 Å². The van der Waals surface area contributed by atoms with Crippen LogP contribution in [0.25, 0.3) is 10.2 Å². The number of para-hydroxylation sites is 1. The lowest BCUT2D eigenvalue weighted by molar-refractivity contribution is -0.133. The van der Waals surface area contributed by atoms with Crippen molar-refractivity contribution < 1.29 is 9.59 Å². The lowest BCUT2D eigenvalue weighted by Gasteiger charge is -2.28. The Hall–Kier alpha value is -2.46. The summed E-state index contributed by atoms with van der Waals surface area (Å²) in [6.07, 6.45) is 4.03. The maximum atomic E-state index is 12.9. The summed E-state index contributed by atoms with van der Waals surface area (Å²) in [5.41, 5.74) is -0.396. The van der Waals surface area contributed by atoms with Crippen LogP contribution >= 0.6 is 11.3 Å². The van der Waals surface area contributed by atoms with E-state index in [1.54, 1.807) is 0 Å². The van der Waals surface area contributed by atoms with E-state index >= 15 is 0 Å².